The molecule has 0 fully saturated rings. The minimum absolute atomic E-state index is 0.180. The first-order valence-electron chi connectivity index (χ1n) is 9.49. The van der Waals surface area contributed by atoms with Crippen LogP contribution in [0.2, 0.25) is 0 Å². The van der Waals surface area contributed by atoms with Gasteiger partial charge in [-0.15, -0.1) is 0 Å². The van der Waals surface area contributed by atoms with Gasteiger partial charge in [0.25, 0.3) is 5.56 Å². The van der Waals surface area contributed by atoms with E-state index in [9.17, 15) is 18.0 Å². The van der Waals surface area contributed by atoms with Crippen molar-refractivity contribution >= 4 is 11.0 Å². The molecule has 0 atom stereocenters. The topological polar surface area (TPSA) is 79.4 Å². The third kappa shape index (κ3) is 3.68. The molecule has 10 heteroatoms. The fourth-order valence-corrected chi connectivity index (χ4v) is 3.50. The molecule has 0 aliphatic carbocycles. The zero-order chi connectivity index (χ0) is 23.0. The highest BCUT2D eigenvalue weighted by molar-refractivity contribution is 5.91. The lowest BCUT2D eigenvalue weighted by Gasteiger charge is -2.14. The number of hydrogen-bond acceptors (Lipinski definition) is 6. The van der Waals surface area contributed by atoms with Crippen molar-refractivity contribution in [2.24, 2.45) is 0 Å². The van der Waals surface area contributed by atoms with Crippen molar-refractivity contribution in [2.75, 3.05) is 14.2 Å². The molecule has 0 aliphatic rings. The van der Waals surface area contributed by atoms with E-state index < -0.39 is 17.3 Å². The summed E-state index contributed by atoms with van der Waals surface area (Å²) >= 11 is 0. The van der Waals surface area contributed by atoms with Crippen molar-refractivity contribution in [2.45, 2.75) is 19.6 Å². The lowest BCUT2D eigenvalue weighted by molar-refractivity contribution is -0.138. The van der Waals surface area contributed by atoms with Gasteiger partial charge in [-0.2, -0.15) is 18.3 Å². The van der Waals surface area contributed by atoms with Crippen LogP contribution in [0.25, 0.3) is 22.2 Å². The van der Waals surface area contributed by atoms with Crippen molar-refractivity contribution in [3.05, 3.63) is 69.6 Å². The molecule has 32 heavy (non-hydrogen) atoms. The summed E-state index contributed by atoms with van der Waals surface area (Å²) in [6, 6.07) is 10.6. The summed E-state index contributed by atoms with van der Waals surface area (Å²) in [5.41, 5.74) is 0.145. The fourth-order valence-electron chi connectivity index (χ4n) is 3.50. The molecular formula is C22H18F3N3O4. The normalized spacial score (nSPS) is 11.7. The van der Waals surface area contributed by atoms with Crippen molar-refractivity contribution in [1.82, 2.24) is 14.9 Å². The van der Waals surface area contributed by atoms with E-state index in [4.69, 9.17) is 14.0 Å². The average molecular weight is 445 g/mol. The number of benzene rings is 2. The number of methoxy groups -OCH3 is 2. The predicted octanol–water partition coefficient (Wildman–Crippen LogP) is 4.44. The molecule has 0 bridgehead atoms. The SMILES string of the molecule is COc1ccccc1-c1nn(Cc2ccc(OC)c(C(F)(F)F)c2)c(=O)c2c(C)noc12. The molecule has 0 spiro atoms. The second-order valence-corrected chi connectivity index (χ2v) is 7.02. The third-order valence-electron chi connectivity index (χ3n) is 5.01. The number of fused-ring (bicyclic) bond motifs is 1. The summed E-state index contributed by atoms with van der Waals surface area (Å²) in [5.74, 6) is 0.186. The molecule has 2 heterocycles. The van der Waals surface area contributed by atoms with Crippen LogP contribution in [0, 0.1) is 6.92 Å². The number of rotatable bonds is 5. The van der Waals surface area contributed by atoms with E-state index in [-0.39, 0.29) is 28.8 Å². The van der Waals surface area contributed by atoms with Crippen LogP contribution < -0.4 is 15.0 Å². The molecule has 2 aromatic carbocycles. The Morgan fingerprint density at radius 2 is 1.78 bits per heavy atom. The van der Waals surface area contributed by atoms with Gasteiger partial charge in [0.05, 0.1) is 32.0 Å². The Balaban J connectivity index is 1.90. The number of aromatic nitrogens is 3. The minimum atomic E-state index is -4.61. The van der Waals surface area contributed by atoms with E-state index in [2.05, 4.69) is 10.3 Å². The highest BCUT2D eigenvalue weighted by Gasteiger charge is 2.34. The minimum Gasteiger partial charge on any atom is -0.496 e. The van der Waals surface area contributed by atoms with Crippen molar-refractivity contribution in [3.8, 4) is 22.8 Å². The summed E-state index contributed by atoms with van der Waals surface area (Å²) in [6.07, 6.45) is -4.61. The number of aryl methyl sites for hydroxylation is 1. The number of nitrogens with zero attached hydrogens (tertiary/aromatic N) is 3. The van der Waals surface area contributed by atoms with E-state index >= 15 is 0 Å². The molecule has 0 radical (unpaired) electrons. The van der Waals surface area contributed by atoms with Crippen LogP contribution in [0.3, 0.4) is 0 Å². The fraction of sp³-hybridized carbons (Fsp3) is 0.227. The maximum absolute atomic E-state index is 13.4. The zero-order valence-electron chi connectivity index (χ0n) is 17.4. The molecule has 0 saturated carbocycles. The summed E-state index contributed by atoms with van der Waals surface area (Å²) in [7, 11) is 2.66. The van der Waals surface area contributed by atoms with Crippen LogP contribution in [-0.2, 0) is 12.7 Å². The molecule has 0 saturated heterocycles. The average Bonchev–Trinajstić information content (AvgIpc) is 3.17. The number of ether oxygens (including phenoxy) is 2. The molecule has 0 N–H and O–H groups in total. The van der Waals surface area contributed by atoms with E-state index in [1.807, 2.05) is 0 Å². The molecule has 0 amide bonds. The van der Waals surface area contributed by atoms with Gasteiger partial charge < -0.3 is 14.0 Å². The Morgan fingerprint density at radius 1 is 1.06 bits per heavy atom. The van der Waals surface area contributed by atoms with Crippen LogP contribution in [0.15, 0.2) is 51.8 Å². The van der Waals surface area contributed by atoms with Gasteiger partial charge in [-0.3, -0.25) is 4.79 Å². The lowest BCUT2D eigenvalue weighted by atomic mass is 10.1. The smallest absolute Gasteiger partial charge is 0.419 e. The second-order valence-electron chi connectivity index (χ2n) is 7.02. The van der Waals surface area contributed by atoms with E-state index in [1.54, 1.807) is 31.2 Å². The van der Waals surface area contributed by atoms with Gasteiger partial charge in [-0.05, 0) is 36.8 Å². The van der Waals surface area contributed by atoms with Crippen LogP contribution in [0.1, 0.15) is 16.8 Å². The summed E-state index contributed by atoms with van der Waals surface area (Å²) in [4.78, 5) is 13.1. The van der Waals surface area contributed by atoms with Gasteiger partial charge in [0.15, 0.2) is 0 Å². The first kappa shape index (κ1) is 21.4. The van der Waals surface area contributed by atoms with Gasteiger partial charge in [-0.25, -0.2) is 4.68 Å². The molecule has 0 aliphatic heterocycles. The standard InChI is InChI=1S/C22H18F3N3O4/c1-12-18-20(32-27-12)19(14-6-4-5-7-16(14)30-2)26-28(21(18)29)11-13-8-9-17(31-3)15(10-13)22(23,24)25/h4-10H,11H2,1-3H3. The van der Waals surface area contributed by atoms with Crippen molar-refractivity contribution in [1.29, 1.82) is 0 Å². The highest BCUT2D eigenvalue weighted by Crippen LogP contribution is 2.37. The van der Waals surface area contributed by atoms with E-state index in [0.717, 1.165) is 10.7 Å². The Kier molecular flexibility index (Phi) is 5.37. The molecule has 4 rings (SSSR count). The zero-order valence-corrected chi connectivity index (χ0v) is 17.4. The first-order chi connectivity index (χ1) is 15.2. The Morgan fingerprint density at radius 3 is 2.47 bits per heavy atom. The van der Waals surface area contributed by atoms with Crippen LogP contribution in [-0.4, -0.2) is 29.2 Å². The number of halogens is 3. The summed E-state index contributed by atoms with van der Waals surface area (Å²) < 4.78 is 57.0. The van der Waals surface area contributed by atoms with Gasteiger partial charge in [0.2, 0.25) is 5.58 Å². The van der Waals surface area contributed by atoms with E-state index in [0.29, 0.717) is 22.7 Å². The Bertz CT molecular complexity index is 1360. The lowest BCUT2D eigenvalue weighted by Crippen LogP contribution is -2.24. The monoisotopic (exact) mass is 445 g/mol. The van der Waals surface area contributed by atoms with Gasteiger partial charge in [0.1, 0.15) is 22.6 Å². The van der Waals surface area contributed by atoms with Crippen molar-refractivity contribution in [3.63, 3.8) is 0 Å². The molecule has 0 unspecified atom stereocenters. The second kappa shape index (κ2) is 8.03. The highest BCUT2D eigenvalue weighted by atomic mass is 19.4. The summed E-state index contributed by atoms with van der Waals surface area (Å²) in [5, 5.41) is 8.48. The van der Waals surface area contributed by atoms with Crippen molar-refractivity contribution < 1.29 is 27.2 Å². The number of alkyl halides is 3. The van der Waals surface area contributed by atoms with Crippen LogP contribution in [0.4, 0.5) is 13.2 Å². The molecule has 4 aromatic rings. The molecular weight excluding hydrogens is 427 g/mol. The van der Waals surface area contributed by atoms with Crippen LogP contribution >= 0.6 is 0 Å². The summed E-state index contributed by atoms with van der Waals surface area (Å²) in [6.45, 7) is 1.41. The van der Waals surface area contributed by atoms with Gasteiger partial charge in [0, 0.05) is 5.56 Å². The van der Waals surface area contributed by atoms with Crippen LogP contribution in [0.5, 0.6) is 11.5 Å². The number of hydrogen-bond donors (Lipinski definition) is 0. The first-order valence-corrected chi connectivity index (χ1v) is 9.49. The Labute approximate surface area is 180 Å². The quantitative estimate of drug-likeness (QED) is 0.452. The Hall–Kier alpha value is -3.82. The molecule has 2 aromatic heterocycles. The maximum Gasteiger partial charge on any atom is 0.419 e. The van der Waals surface area contributed by atoms with Gasteiger partial charge in [-0.1, -0.05) is 23.4 Å². The predicted molar refractivity (Wildman–Crippen MR) is 110 cm³/mol. The molecule has 7 nitrogen and oxygen atoms in total. The molecule has 166 valence electrons. The van der Waals surface area contributed by atoms with Gasteiger partial charge >= 0.3 is 6.18 Å². The number of para-hydroxylation sites is 1. The third-order valence-corrected chi connectivity index (χ3v) is 5.01. The largest absolute Gasteiger partial charge is 0.496 e. The van der Waals surface area contributed by atoms with E-state index in [1.165, 1.54) is 26.4 Å². The maximum atomic E-state index is 13.4.